The summed E-state index contributed by atoms with van der Waals surface area (Å²) < 4.78 is 17.5. The first-order valence-corrected chi connectivity index (χ1v) is 16.2. The number of allylic oxidation sites excluding steroid dienone is 1. The number of esters is 1. The molecular formula is C36H40O5S. The smallest absolute Gasteiger partial charge is 0.340 e. The quantitative estimate of drug-likeness (QED) is 0.128. The minimum absolute atomic E-state index is 0.182. The normalized spacial score (nSPS) is 16.8. The Bertz CT molecular complexity index is 1370. The molecule has 1 saturated heterocycles. The van der Waals surface area contributed by atoms with Gasteiger partial charge in [0.1, 0.15) is 11.5 Å². The highest BCUT2D eigenvalue weighted by Crippen LogP contribution is 2.41. The lowest BCUT2D eigenvalue weighted by Gasteiger charge is -2.21. The van der Waals surface area contributed by atoms with Gasteiger partial charge in [-0.2, -0.15) is 0 Å². The topological polar surface area (TPSA) is 61.8 Å². The molecule has 0 amide bonds. The molecule has 1 fully saturated rings. The van der Waals surface area contributed by atoms with Crippen LogP contribution in [-0.4, -0.2) is 36.2 Å². The summed E-state index contributed by atoms with van der Waals surface area (Å²) in [4.78, 5) is 23.8. The van der Waals surface area contributed by atoms with Crippen LogP contribution in [0.2, 0.25) is 0 Å². The third-order valence-corrected chi connectivity index (χ3v) is 8.71. The number of hydrogen-bond donors (Lipinski definition) is 0. The standard InChI is InChI=1S/C36H40O5S/c1-26(37)42-24-9-3-7-22-39-30-18-16-28(17-19-30)35-32(27-11-4-2-5-12-27)14-10-13-29-25-31(20-21-33(29)35)41-36(38)34-15-6-8-23-40-34/h2,4-5,11-12,16-21,25,34H,3,6-10,13-15,22-24H2,1H3. The number of benzene rings is 3. The molecule has 0 aromatic heterocycles. The third kappa shape index (κ3) is 8.14. The second-order valence-electron chi connectivity index (χ2n) is 10.9. The number of aryl methyl sites for hydroxylation is 1. The number of hydrogen-bond acceptors (Lipinski definition) is 6. The number of carbonyl (C=O) groups excluding carboxylic acids is 2. The van der Waals surface area contributed by atoms with E-state index >= 15 is 0 Å². The maximum absolute atomic E-state index is 12.7. The molecule has 1 heterocycles. The largest absolute Gasteiger partial charge is 0.494 e. The maximum atomic E-state index is 12.7. The summed E-state index contributed by atoms with van der Waals surface area (Å²) in [5.41, 5.74) is 7.29. The highest BCUT2D eigenvalue weighted by atomic mass is 32.2. The maximum Gasteiger partial charge on any atom is 0.340 e. The van der Waals surface area contributed by atoms with Crippen molar-refractivity contribution in [2.45, 2.75) is 70.8 Å². The van der Waals surface area contributed by atoms with Gasteiger partial charge in [0, 0.05) is 19.3 Å². The van der Waals surface area contributed by atoms with Gasteiger partial charge in [0.15, 0.2) is 11.2 Å². The van der Waals surface area contributed by atoms with Crippen molar-refractivity contribution >= 4 is 34.0 Å². The van der Waals surface area contributed by atoms with Gasteiger partial charge in [-0.25, -0.2) is 4.79 Å². The van der Waals surface area contributed by atoms with Gasteiger partial charge in [-0.15, -0.1) is 0 Å². The van der Waals surface area contributed by atoms with Crippen molar-refractivity contribution < 1.29 is 23.8 Å². The van der Waals surface area contributed by atoms with Gasteiger partial charge in [0.05, 0.1) is 6.61 Å². The minimum Gasteiger partial charge on any atom is -0.494 e. The Labute approximate surface area is 253 Å². The van der Waals surface area contributed by atoms with Crippen LogP contribution >= 0.6 is 11.8 Å². The highest BCUT2D eigenvalue weighted by Gasteiger charge is 2.25. The van der Waals surface area contributed by atoms with Gasteiger partial charge in [0.25, 0.3) is 0 Å². The number of ether oxygens (including phenoxy) is 3. The van der Waals surface area contributed by atoms with E-state index in [-0.39, 0.29) is 11.1 Å². The predicted molar refractivity (Wildman–Crippen MR) is 170 cm³/mol. The van der Waals surface area contributed by atoms with Crippen molar-refractivity contribution in [2.75, 3.05) is 19.0 Å². The van der Waals surface area contributed by atoms with E-state index in [4.69, 9.17) is 14.2 Å². The molecule has 5 rings (SSSR count). The molecule has 0 spiro atoms. The van der Waals surface area contributed by atoms with E-state index < -0.39 is 6.10 Å². The molecule has 6 heteroatoms. The summed E-state index contributed by atoms with van der Waals surface area (Å²) in [6, 6.07) is 25.1. The summed E-state index contributed by atoms with van der Waals surface area (Å²) in [5, 5.41) is 0.182. The fourth-order valence-corrected chi connectivity index (χ4v) is 6.33. The minimum atomic E-state index is -0.468. The zero-order valence-corrected chi connectivity index (χ0v) is 25.3. The van der Waals surface area contributed by atoms with Crippen LogP contribution < -0.4 is 9.47 Å². The van der Waals surface area contributed by atoms with Gasteiger partial charge >= 0.3 is 5.97 Å². The molecule has 42 heavy (non-hydrogen) atoms. The Kier molecular flexibility index (Phi) is 10.9. The summed E-state index contributed by atoms with van der Waals surface area (Å²) in [5.74, 6) is 2.02. The van der Waals surface area contributed by atoms with Crippen LogP contribution in [0.25, 0.3) is 11.1 Å². The second-order valence-corrected chi connectivity index (χ2v) is 12.2. The molecule has 1 atom stereocenters. The molecule has 5 nitrogen and oxygen atoms in total. The van der Waals surface area contributed by atoms with Crippen LogP contribution in [0.4, 0.5) is 0 Å². The Morgan fingerprint density at radius 1 is 0.857 bits per heavy atom. The van der Waals surface area contributed by atoms with E-state index in [9.17, 15) is 9.59 Å². The summed E-state index contributed by atoms with van der Waals surface area (Å²) in [6.45, 7) is 2.90. The van der Waals surface area contributed by atoms with Crippen molar-refractivity contribution in [3.05, 3.63) is 95.1 Å². The molecule has 2 aliphatic rings. The van der Waals surface area contributed by atoms with E-state index in [2.05, 4.69) is 60.7 Å². The van der Waals surface area contributed by atoms with Gasteiger partial charge in [-0.1, -0.05) is 60.3 Å². The molecular weight excluding hydrogens is 544 g/mol. The van der Waals surface area contributed by atoms with Gasteiger partial charge in [0.2, 0.25) is 0 Å². The molecule has 1 unspecified atom stereocenters. The molecule has 0 bridgehead atoms. The average Bonchev–Trinajstić information content (AvgIpc) is 3.21. The highest BCUT2D eigenvalue weighted by molar-refractivity contribution is 8.13. The predicted octanol–water partition coefficient (Wildman–Crippen LogP) is 8.29. The lowest BCUT2D eigenvalue weighted by molar-refractivity contribution is -0.150. The van der Waals surface area contributed by atoms with E-state index in [1.165, 1.54) is 39.6 Å². The monoisotopic (exact) mass is 584 g/mol. The van der Waals surface area contributed by atoms with E-state index in [0.717, 1.165) is 74.9 Å². The first-order valence-electron chi connectivity index (χ1n) is 15.2. The molecule has 3 aromatic carbocycles. The molecule has 0 saturated carbocycles. The Morgan fingerprint density at radius 2 is 1.67 bits per heavy atom. The summed E-state index contributed by atoms with van der Waals surface area (Å²) in [7, 11) is 0. The zero-order chi connectivity index (χ0) is 29.1. The summed E-state index contributed by atoms with van der Waals surface area (Å²) in [6.07, 6.45) is 8.16. The van der Waals surface area contributed by atoms with Crippen molar-refractivity contribution in [3.63, 3.8) is 0 Å². The van der Waals surface area contributed by atoms with Crippen LogP contribution in [0.3, 0.4) is 0 Å². The zero-order valence-electron chi connectivity index (χ0n) is 24.4. The lowest BCUT2D eigenvalue weighted by Crippen LogP contribution is -2.31. The Morgan fingerprint density at radius 3 is 2.43 bits per heavy atom. The number of thioether (sulfide) groups is 1. The van der Waals surface area contributed by atoms with Gasteiger partial charge in [-0.05, 0) is 115 Å². The third-order valence-electron chi connectivity index (χ3n) is 7.81. The van der Waals surface area contributed by atoms with Crippen LogP contribution in [0.1, 0.15) is 80.5 Å². The van der Waals surface area contributed by atoms with Crippen LogP contribution in [0, 0.1) is 0 Å². The fraction of sp³-hybridized carbons (Fsp3) is 0.389. The molecule has 3 aromatic rings. The molecule has 220 valence electrons. The fourth-order valence-electron chi connectivity index (χ4n) is 5.70. The van der Waals surface area contributed by atoms with E-state index in [1.54, 1.807) is 6.92 Å². The first kappa shape index (κ1) is 30.1. The van der Waals surface area contributed by atoms with Crippen molar-refractivity contribution in [1.82, 2.24) is 0 Å². The Hall–Kier alpha value is -3.35. The second kappa shape index (κ2) is 15.2. The van der Waals surface area contributed by atoms with Crippen LogP contribution in [0.5, 0.6) is 11.5 Å². The van der Waals surface area contributed by atoms with Crippen LogP contribution in [-0.2, 0) is 20.7 Å². The Balaban J connectivity index is 1.35. The van der Waals surface area contributed by atoms with Crippen molar-refractivity contribution in [2.24, 2.45) is 0 Å². The van der Waals surface area contributed by atoms with Gasteiger partial charge in [-0.3, -0.25) is 4.79 Å². The lowest BCUT2D eigenvalue weighted by atomic mass is 9.88. The van der Waals surface area contributed by atoms with Crippen molar-refractivity contribution in [1.29, 1.82) is 0 Å². The number of fused-ring (bicyclic) bond motifs is 1. The van der Waals surface area contributed by atoms with E-state index in [1.807, 2.05) is 12.1 Å². The number of unbranched alkanes of at least 4 members (excludes halogenated alkanes) is 2. The van der Waals surface area contributed by atoms with E-state index in [0.29, 0.717) is 19.0 Å². The first-order chi connectivity index (χ1) is 20.6. The molecule has 0 N–H and O–H groups in total. The molecule has 1 aliphatic heterocycles. The molecule has 1 aliphatic carbocycles. The number of rotatable bonds is 11. The SMILES string of the molecule is CC(=O)SCCCCCOc1ccc(C2=C(c3ccccc3)CCCc3cc(OC(=O)C4CCCCO4)ccc32)cc1. The van der Waals surface area contributed by atoms with Crippen LogP contribution in [0.15, 0.2) is 72.8 Å². The average molecular weight is 585 g/mol. The van der Waals surface area contributed by atoms with Gasteiger partial charge < -0.3 is 14.2 Å². The van der Waals surface area contributed by atoms with Crippen molar-refractivity contribution in [3.8, 4) is 11.5 Å². The molecule has 0 radical (unpaired) electrons. The summed E-state index contributed by atoms with van der Waals surface area (Å²) >= 11 is 1.39. The number of carbonyl (C=O) groups is 2.